The first-order valence-corrected chi connectivity index (χ1v) is 9.53. The van der Waals surface area contributed by atoms with Crippen LogP contribution in [0, 0.1) is 0 Å². The second kappa shape index (κ2) is 7.52. The highest BCUT2D eigenvalue weighted by Gasteiger charge is 2.29. The van der Waals surface area contributed by atoms with Crippen molar-refractivity contribution in [1.82, 2.24) is 10.5 Å². The van der Waals surface area contributed by atoms with Gasteiger partial charge in [0.2, 0.25) is 0 Å². The molecule has 0 spiro atoms. The summed E-state index contributed by atoms with van der Waals surface area (Å²) in [7, 11) is 0. The molecule has 27 heavy (non-hydrogen) atoms. The van der Waals surface area contributed by atoms with Gasteiger partial charge in [-0.25, -0.2) is 0 Å². The Morgan fingerprint density at radius 3 is 2.37 bits per heavy atom. The van der Waals surface area contributed by atoms with Gasteiger partial charge in [-0.05, 0) is 62.8 Å². The third-order valence-electron chi connectivity index (χ3n) is 5.25. The maximum atomic E-state index is 12.4. The standard InChI is InChI=1S/C20H24N4O3/c21-14-5-9-16(10-6-14)22-19(25)13-3-7-15(8-4-13)23-20(26)17-11-18(27-24-17)12-1-2-12/h3-4,7-8,11-12,14,16H,1-2,5-6,9-10,21H2,(H,22,25)(H,23,26)/t14-,16+. The molecule has 0 bridgehead atoms. The van der Waals surface area contributed by atoms with E-state index in [2.05, 4.69) is 15.8 Å². The topological polar surface area (TPSA) is 110 Å². The zero-order chi connectivity index (χ0) is 18.8. The van der Waals surface area contributed by atoms with Gasteiger partial charge >= 0.3 is 0 Å². The monoisotopic (exact) mass is 368 g/mol. The van der Waals surface area contributed by atoms with E-state index < -0.39 is 0 Å². The van der Waals surface area contributed by atoms with Crippen LogP contribution in [0.3, 0.4) is 0 Å². The summed E-state index contributed by atoms with van der Waals surface area (Å²) in [6.45, 7) is 0. The normalized spacial score (nSPS) is 22.3. The van der Waals surface area contributed by atoms with E-state index in [1.807, 2.05) is 0 Å². The van der Waals surface area contributed by atoms with E-state index in [4.69, 9.17) is 10.3 Å². The van der Waals surface area contributed by atoms with Crippen molar-refractivity contribution >= 4 is 17.5 Å². The molecule has 0 unspecified atom stereocenters. The summed E-state index contributed by atoms with van der Waals surface area (Å²) in [4.78, 5) is 24.6. The van der Waals surface area contributed by atoms with Crippen molar-refractivity contribution in [1.29, 1.82) is 0 Å². The smallest absolute Gasteiger partial charge is 0.277 e. The van der Waals surface area contributed by atoms with Gasteiger partial charge in [-0.1, -0.05) is 5.16 Å². The van der Waals surface area contributed by atoms with Gasteiger partial charge in [-0.15, -0.1) is 0 Å². The Morgan fingerprint density at radius 2 is 1.70 bits per heavy atom. The molecule has 2 amide bonds. The summed E-state index contributed by atoms with van der Waals surface area (Å²) in [6, 6.07) is 8.98. The lowest BCUT2D eigenvalue weighted by Crippen LogP contribution is -2.40. The second-order valence-electron chi connectivity index (χ2n) is 7.51. The summed E-state index contributed by atoms with van der Waals surface area (Å²) in [5, 5.41) is 9.66. The van der Waals surface area contributed by atoms with Gasteiger partial charge in [0.1, 0.15) is 5.76 Å². The lowest BCUT2D eigenvalue weighted by molar-refractivity contribution is 0.0925. The van der Waals surface area contributed by atoms with Crippen molar-refractivity contribution in [2.75, 3.05) is 5.32 Å². The summed E-state index contributed by atoms with van der Waals surface area (Å²) in [5.41, 5.74) is 7.35. The molecule has 0 saturated heterocycles. The van der Waals surface area contributed by atoms with E-state index in [0.717, 1.165) is 44.3 Å². The summed E-state index contributed by atoms with van der Waals surface area (Å²) in [6.07, 6.45) is 5.91. The van der Waals surface area contributed by atoms with Crippen LogP contribution in [0.2, 0.25) is 0 Å². The first-order valence-electron chi connectivity index (χ1n) is 9.53. The third-order valence-corrected chi connectivity index (χ3v) is 5.25. The SMILES string of the molecule is N[C@H]1CC[C@@H](NC(=O)c2ccc(NC(=O)c3cc(C4CC4)on3)cc2)CC1. The zero-order valence-corrected chi connectivity index (χ0v) is 15.1. The van der Waals surface area contributed by atoms with Gasteiger partial charge < -0.3 is 20.9 Å². The van der Waals surface area contributed by atoms with E-state index >= 15 is 0 Å². The number of benzene rings is 1. The largest absolute Gasteiger partial charge is 0.360 e. The number of carbonyl (C=O) groups excluding carboxylic acids is 2. The lowest BCUT2D eigenvalue weighted by atomic mass is 9.91. The van der Waals surface area contributed by atoms with Crippen LogP contribution >= 0.6 is 0 Å². The molecule has 4 rings (SSSR count). The fraction of sp³-hybridized carbons (Fsp3) is 0.450. The Kier molecular flexibility index (Phi) is 4.94. The van der Waals surface area contributed by atoms with E-state index in [0.29, 0.717) is 17.2 Å². The summed E-state index contributed by atoms with van der Waals surface area (Å²) in [5.74, 6) is 0.771. The van der Waals surface area contributed by atoms with Crippen LogP contribution in [0.25, 0.3) is 0 Å². The number of nitrogens with one attached hydrogen (secondary N) is 2. The molecule has 2 aromatic rings. The number of rotatable bonds is 5. The quantitative estimate of drug-likeness (QED) is 0.752. The molecule has 2 aliphatic rings. The molecule has 142 valence electrons. The molecule has 1 aromatic carbocycles. The molecule has 2 aliphatic carbocycles. The highest BCUT2D eigenvalue weighted by Crippen LogP contribution is 2.40. The van der Waals surface area contributed by atoms with Crippen molar-refractivity contribution < 1.29 is 14.1 Å². The number of amides is 2. The Bertz CT molecular complexity index is 818. The number of hydrogen-bond acceptors (Lipinski definition) is 5. The van der Waals surface area contributed by atoms with Crippen molar-refractivity contribution in [3.63, 3.8) is 0 Å². The van der Waals surface area contributed by atoms with Crippen LogP contribution in [0.4, 0.5) is 5.69 Å². The van der Waals surface area contributed by atoms with Crippen molar-refractivity contribution in [3.8, 4) is 0 Å². The number of carbonyl (C=O) groups is 2. The third kappa shape index (κ3) is 4.36. The lowest BCUT2D eigenvalue weighted by Gasteiger charge is -2.26. The van der Waals surface area contributed by atoms with Crippen LogP contribution in [0.1, 0.15) is 71.0 Å². The van der Waals surface area contributed by atoms with Gasteiger partial charge in [-0.3, -0.25) is 9.59 Å². The predicted molar refractivity (Wildman–Crippen MR) is 101 cm³/mol. The number of aromatic nitrogens is 1. The van der Waals surface area contributed by atoms with Crippen molar-refractivity contribution in [2.45, 2.75) is 56.5 Å². The van der Waals surface area contributed by atoms with E-state index in [1.165, 1.54) is 0 Å². The first-order chi connectivity index (χ1) is 13.1. The molecule has 2 fully saturated rings. The Morgan fingerprint density at radius 1 is 1.00 bits per heavy atom. The molecular weight excluding hydrogens is 344 g/mol. The molecule has 4 N–H and O–H groups in total. The van der Waals surface area contributed by atoms with Crippen LogP contribution < -0.4 is 16.4 Å². The Hall–Kier alpha value is -2.67. The molecule has 1 aromatic heterocycles. The van der Waals surface area contributed by atoms with E-state index in [-0.39, 0.29) is 29.6 Å². The molecule has 2 saturated carbocycles. The maximum absolute atomic E-state index is 12.4. The van der Waals surface area contributed by atoms with Crippen LogP contribution in [-0.2, 0) is 0 Å². The fourth-order valence-corrected chi connectivity index (χ4v) is 3.39. The average Bonchev–Trinajstić information content (AvgIpc) is 3.40. The molecule has 7 nitrogen and oxygen atoms in total. The van der Waals surface area contributed by atoms with Gasteiger partial charge in [0, 0.05) is 35.3 Å². The minimum absolute atomic E-state index is 0.0982. The molecule has 0 aliphatic heterocycles. The van der Waals surface area contributed by atoms with Crippen molar-refractivity contribution in [2.24, 2.45) is 5.73 Å². The second-order valence-corrected chi connectivity index (χ2v) is 7.51. The van der Waals surface area contributed by atoms with Crippen LogP contribution in [0.15, 0.2) is 34.9 Å². The highest BCUT2D eigenvalue weighted by atomic mass is 16.5. The molecule has 1 heterocycles. The molecule has 7 heteroatoms. The summed E-state index contributed by atoms with van der Waals surface area (Å²) >= 11 is 0. The van der Waals surface area contributed by atoms with E-state index in [1.54, 1.807) is 30.3 Å². The summed E-state index contributed by atoms with van der Waals surface area (Å²) < 4.78 is 5.21. The van der Waals surface area contributed by atoms with Gasteiger partial charge in [0.05, 0.1) is 0 Å². The Labute approximate surface area is 157 Å². The van der Waals surface area contributed by atoms with Crippen molar-refractivity contribution in [3.05, 3.63) is 47.3 Å². The number of anilines is 1. The number of hydrogen-bond donors (Lipinski definition) is 3. The van der Waals surface area contributed by atoms with Gasteiger partial charge in [-0.2, -0.15) is 0 Å². The maximum Gasteiger partial charge on any atom is 0.277 e. The number of nitrogens with zero attached hydrogens (tertiary/aromatic N) is 1. The fourth-order valence-electron chi connectivity index (χ4n) is 3.39. The highest BCUT2D eigenvalue weighted by molar-refractivity contribution is 6.03. The number of nitrogens with two attached hydrogens (primary N) is 1. The minimum atomic E-state index is -0.318. The minimum Gasteiger partial charge on any atom is -0.360 e. The van der Waals surface area contributed by atoms with Gasteiger partial charge in [0.25, 0.3) is 11.8 Å². The zero-order valence-electron chi connectivity index (χ0n) is 15.1. The van der Waals surface area contributed by atoms with Crippen LogP contribution in [-0.4, -0.2) is 29.1 Å². The first kappa shape index (κ1) is 17.7. The van der Waals surface area contributed by atoms with E-state index in [9.17, 15) is 9.59 Å². The molecular formula is C20H24N4O3. The molecule has 0 atom stereocenters. The Balaban J connectivity index is 1.32. The van der Waals surface area contributed by atoms with Gasteiger partial charge in [0.15, 0.2) is 5.69 Å². The molecule has 0 radical (unpaired) electrons. The average molecular weight is 368 g/mol. The van der Waals surface area contributed by atoms with Crippen LogP contribution in [0.5, 0.6) is 0 Å². The predicted octanol–water partition coefficient (Wildman–Crippen LogP) is 2.80.